The number of rotatable bonds is 3. The van der Waals surface area contributed by atoms with Gasteiger partial charge in [-0.3, -0.25) is 4.79 Å². The molecule has 2 aromatic rings. The van der Waals surface area contributed by atoms with Crippen LogP contribution in [0.5, 0.6) is 0 Å². The fraction of sp³-hybridized carbons (Fsp3) is 0.375. The molecule has 1 aromatic carbocycles. The Morgan fingerprint density at radius 1 is 1.18 bits per heavy atom. The summed E-state index contributed by atoms with van der Waals surface area (Å²) in [6, 6.07) is 9.61. The molecule has 116 valence electrons. The van der Waals surface area contributed by atoms with E-state index in [-0.39, 0.29) is 5.91 Å². The first-order valence-corrected chi connectivity index (χ1v) is 7.26. The standard InChI is InChI=1S/C16H19N3O3/c1-18(2)13-5-3-12(4-6-13)15-11-14(17-22-15)16(20)19-7-9-21-10-8-19/h3-6,11H,7-10H2,1-2H3. The third kappa shape index (κ3) is 2.96. The molecule has 0 spiro atoms. The summed E-state index contributed by atoms with van der Waals surface area (Å²) in [6.45, 7) is 2.34. The Labute approximate surface area is 129 Å². The summed E-state index contributed by atoms with van der Waals surface area (Å²) in [7, 11) is 3.98. The molecular weight excluding hydrogens is 282 g/mol. The van der Waals surface area contributed by atoms with Gasteiger partial charge in [-0.25, -0.2) is 0 Å². The van der Waals surface area contributed by atoms with Crippen LogP contribution in [-0.2, 0) is 4.74 Å². The quantitative estimate of drug-likeness (QED) is 0.866. The molecule has 1 amide bonds. The van der Waals surface area contributed by atoms with Crippen LogP contribution in [0, 0.1) is 0 Å². The largest absolute Gasteiger partial charge is 0.378 e. The molecule has 6 nitrogen and oxygen atoms in total. The van der Waals surface area contributed by atoms with E-state index in [1.54, 1.807) is 11.0 Å². The molecule has 6 heteroatoms. The minimum absolute atomic E-state index is 0.108. The van der Waals surface area contributed by atoms with E-state index in [4.69, 9.17) is 9.26 Å². The number of anilines is 1. The number of hydrogen-bond donors (Lipinski definition) is 0. The number of carbonyl (C=O) groups excluding carboxylic acids is 1. The minimum Gasteiger partial charge on any atom is -0.378 e. The van der Waals surface area contributed by atoms with Gasteiger partial charge < -0.3 is 19.1 Å². The van der Waals surface area contributed by atoms with Crippen LogP contribution in [0.4, 0.5) is 5.69 Å². The van der Waals surface area contributed by atoms with Crippen molar-refractivity contribution in [3.05, 3.63) is 36.0 Å². The lowest BCUT2D eigenvalue weighted by Crippen LogP contribution is -2.40. The number of carbonyl (C=O) groups is 1. The zero-order chi connectivity index (χ0) is 15.5. The topological polar surface area (TPSA) is 58.8 Å². The summed E-state index contributed by atoms with van der Waals surface area (Å²) >= 11 is 0. The van der Waals surface area contributed by atoms with E-state index in [0.717, 1.165) is 11.3 Å². The van der Waals surface area contributed by atoms with E-state index in [9.17, 15) is 4.79 Å². The summed E-state index contributed by atoms with van der Waals surface area (Å²) in [5, 5.41) is 3.91. The molecule has 0 saturated carbocycles. The second-order valence-electron chi connectivity index (χ2n) is 5.42. The Hall–Kier alpha value is -2.34. The highest BCUT2D eigenvalue weighted by atomic mass is 16.5. The molecule has 1 aliphatic heterocycles. The van der Waals surface area contributed by atoms with Crippen LogP contribution in [0.2, 0.25) is 0 Å². The van der Waals surface area contributed by atoms with E-state index in [2.05, 4.69) is 5.16 Å². The molecule has 0 N–H and O–H groups in total. The lowest BCUT2D eigenvalue weighted by Gasteiger charge is -2.25. The Morgan fingerprint density at radius 2 is 1.86 bits per heavy atom. The van der Waals surface area contributed by atoms with Gasteiger partial charge in [0.05, 0.1) is 13.2 Å². The van der Waals surface area contributed by atoms with Crippen molar-refractivity contribution in [2.75, 3.05) is 45.3 Å². The first-order valence-electron chi connectivity index (χ1n) is 7.26. The van der Waals surface area contributed by atoms with Crippen LogP contribution in [0.3, 0.4) is 0 Å². The van der Waals surface area contributed by atoms with Gasteiger partial charge in [-0.1, -0.05) is 5.16 Å². The van der Waals surface area contributed by atoms with Crippen molar-refractivity contribution in [3.63, 3.8) is 0 Å². The van der Waals surface area contributed by atoms with Crippen molar-refractivity contribution in [3.8, 4) is 11.3 Å². The molecule has 0 radical (unpaired) electrons. The SMILES string of the molecule is CN(C)c1ccc(-c2cc(C(=O)N3CCOCC3)no2)cc1. The average Bonchev–Trinajstić information content (AvgIpc) is 3.05. The minimum atomic E-state index is -0.108. The molecule has 0 aliphatic carbocycles. The maximum absolute atomic E-state index is 12.3. The molecule has 22 heavy (non-hydrogen) atoms. The highest BCUT2D eigenvalue weighted by molar-refractivity contribution is 5.93. The number of nitrogens with zero attached hydrogens (tertiary/aromatic N) is 3. The second kappa shape index (κ2) is 6.19. The van der Waals surface area contributed by atoms with Crippen LogP contribution >= 0.6 is 0 Å². The van der Waals surface area contributed by atoms with Crippen LogP contribution in [-0.4, -0.2) is 56.4 Å². The zero-order valence-electron chi connectivity index (χ0n) is 12.8. The molecule has 0 bridgehead atoms. The molecule has 1 fully saturated rings. The maximum Gasteiger partial charge on any atom is 0.276 e. The summed E-state index contributed by atoms with van der Waals surface area (Å²) < 4.78 is 10.6. The molecule has 3 rings (SSSR count). The number of amides is 1. The predicted molar refractivity (Wildman–Crippen MR) is 83.0 cm³/mol. The Bertz CT molecular complexity index is 643. The molecule has 1 aliphatic rings. The highest BCUT2D eigenvalue weighted by Crippen LogP contribution is 2.23. The summed E-state index contributed by atoms with van der Waals surface area (Å²) in [5.74, 6) is 0.491. The highest BCUT2D eigenvalue weighted by Gasteiger charge is 2.22. The lowest BCUT2D eigenvalue weighted by molar-refractivity contribution is 0.0296. The van der Waals surface area contributed by atoms with Crippen LogP contribution in [0.15, 0.2) is 34.9 Å². The Balaban J connectivity index is 1.76. The predicted octanol–water partition coefficient (Wildman–Crippen LogP) is 1.88. The van der Waals surface area contributed by atoms with Crippen molar-refractivity contribution in [1.29, 1.82) is 0 Å². The van der Waals surface area contributed by atoms with E-state index < -0.39 is 0 Å². The second-order valence-corrected chi connectivity index (χ2v) is 5.42. The summed E-state index contributed by atoms with van der Waals surface area (Å²) in [6.07, 6.45) is 0. The number of hydrogen-bond acceptors (Lipinski definition) is 5. The van der Waals surface area contributed by atoms with Gasteiger partial charge in [0.25, 0.3) is 5.91 Å². The third-order valence-corrected chi connectivity index (χ3v) is 3.70. The van der Waals surface area contributed by atoms with E-state index in [0.29, 0.717) is 37.8 Å². The molecule has 1 saturated heterocycles. The Kier molecular flexibility index (Phi) is 4.11. The number of benzene rings is 1. The van der Waals surface area contributed by atoms with Crippen molar-refractivity contribution < 1.29 is 14.1 Å². The van der Waals surface area contributed by atoms with Gasteiger partial charge >= 0.3 is 0 Å². The third-order valence-electron chi connectivity index (χ3n) is 3.70. The average molecular weight is 301 g/mol. The van der Waals surface area contributed by atoms with Crippen molar-refractivity contribution >= 4 is 11.6 Å². The van der Waals surface area contributed by atoms with E-state index in [1.807, 2.05) is 43.3 Å². The molecule has 0 unspecified atom stereocenters. The molecular formula is C16H19N3O3. The number of aromatic nitrogens is 1. The fourth-order valence-corrected chi connectivity index (χ4v) is 2.36. The van der Waals surface area contributed by atoms with E-state index in [1.165, 1.54) is 0 Å². The van der Waals surface area contributed by atoms with Gasteiger partial charge in [0.15, 0.2) is 11.5 Å². The van der Waals surface area contributed by atoms with Crippen LogP contribution in [0.25, 0.3) is 11.3 Å². The maximum atomic E-state index is 12.3. The fourth-order valence-electron chi connectivity index (χ4n) is 2.36. The van der Waals surface area contributed by atoms with Gasteiger partial charge in [-0.15, -0.1) is 0 Å². The first-order chi connectivity index (χ1) is 10.6. The van der Waals surface area contributed by atoms with Crippen molar-refractivity contribution in [1.82, 2.24) is 10.1 Å². The molecule has 0 atom stereocenters. The normalized spacial score (nSPS) is 14.9. The summed E-state index contributed by atoms with van der Waals surface area (Å²) in [4.78, 5) is 16.1. The molecule has 2 heterocycles. The number of ether oxygens (including phenoxy) is 1. The first kappa shape index (κ1) is 14.6. The van der Waals surface area contributed by atoms with Gasteiger partial charge in [0, 0.05) is 44.5 Å². The molecule has 1 aromatic heterocycles. The number of morpholine rings is 1. The Morgan fingerprint density at radius 3 is 2.50 bits per heavy atom. The van der Waals surface area contributed by atoms with Crippen LogP contribution in [0.1, 0.15) is 10.5 Å². The monoisotopic (exact) mass is 301 g/mol. The lowest BCUT2D eigenvalue weighted by atomic mass is 10.1. The van der Waals surface area contributed by atoms with Crippen LogP contribution < -0.4 is 4.90 Å². The van der Waals surface area contributed by atoms with Gasteiger partial charge in [-0.2, -0.15) is 0 Å². The van der Waals surface area contributed by atoms with Crippen molar-refractivity contribution in [2.45, 2.75) is 0 Å². The van der Waals surface area contributed by atoms with Gasteiger partial charge in [-0.05, 0) is 24.3 Å². The summed E-state index contributed by atoms with van der Waals surface area (Å²) in [5.41, 5.74) is 2.35. The smallest absolute Gasteiger partial charge is 0.276 e. The van der Waals surface area contributed by atoms with Crippen molar-refractivity contribution in [2.24, 2.45) is 0 Å². The van der Waals surface area contributed by atoms with Gasteiger partial charge in [0.1, 0.15) is 0 Å². The van der Waals surface area contributed by atoms with E-state index >= 15 is 0 Å². The van der Waals surface area contributed by atoms with Gasteiger partial charge in [0.2, 0.25) is 0 Å². The zero-order valence-corrected chi connectivity index (χ0v) is 12.8.